The zero-order valence-electron chi connectivity index (χ0n) is 18.8. The van der Waals surface area contributed by atoms with Crippen LogP contribution in [0.3, 0.4) is 0 Å². The van der Waals surface area contributed by atoms with Crippen molar-refractivity contribution in [1.29, 1.82) is 0 Å². The van der Waals surface area contributed by atoms with Crippen molar-refractivity contribution in [3.05, 3.63) is 82.0 Å². The fourth-order valence-corrected chi connectivity index (χ4v) is 4.19. The van der Waals surface area contributed by atoms with Gasteiger partial charge in [0.1, 0.15) is 39.6 Å². The molecule has 0 fully saturated rings. The SMILES string of the molecule is COC(=O)c1cc(-c2oc3cc(O)c4c(=O)cc(-c5ccccc5)oc4c3c2CC(=O)O)ccc1O. The number of phenolic OH excluding ortho intramolecular Hbond substituents is 2. The molecule has 0 aliphatic heterocycles. The molecule has 36 heavy (non-hydrogen) atoms. The predicted molar refractivity (Wildman–Crippen MR) is 129 cm³/mol. The van der Waals surface area contributed by atoms with Crippen LogP contribution in [-0.4, -0.2) is 34.4 Å². The summed E-state index contributed by atoms with van der Waals surface area (Å²) in [5.41, 5.74) is 0.422. The minimum Gasteiger partial charge on any atom is -0.507 e. The van der Waals surface area contributed by atoms with Crippen LogP contribution in [0.15, 0.2) is 74.3 Å². The molecular formula is C27H18O9. The summed E-state index contributed by atoms with van der Waals surface area (Å²) < 4.78 is 16.7. The summed E-state index contributed by atoms with van der Waals surface area (Å²) in [4.78, 5) is 36.9. The van der Waals surface area contributed by atoms with Gasteiger partial charge in [-0.05, 0) is 18.2 Å². The van der Waals surface area contributed by atoms with Crippen LogP contribution in [0.25, 0.3) is 44.6 Å². The third kappa shape index (κ3) is 3.72. The van der Waals surface area contributed by atoms with Crippen molar-refractivity contribution in [2.24, 2.45) is 0 Å². The summed E-state index contributed by atoms with van der Waals surface area (Å²) in [7, 11) is 1.16. The summed E-state index contributed by atoms with van der Waals surface area (Å²) in [5.74, 6) is -2.42. The van der Waals surface area contributed by atoms with Gasteiger partial charge in [-0.3, -0.25) is 9.59 Å². The Labute approximate surface area is 202 Å². The average Bonchev–Trinajstić information content (AvgIpc) is 3.21. The standard InChI is InChI=1S/C27H18O9/c1-34-27(33)15-9-14(7-8-17(15)28)25-16(10-22(31)32)23-21(36-25)12-19(30)24-18(29)11-20(35-26(23)24)13-5-3-2-4-6-13/h2-9,11-12,28,30H,10H2,1H3,(H,31,32). The van der Waals surface area contributed by atoms with Crippen molar-refractivity contribution in [1.82, 2.24) is 0 Å². The maximum absolute atomic E-state index is 13.0. The first-order chi connectivity index (χ1) is 17.3. The summed E-state index contributed by atoms with van der Waals surface area (Å²) in [6.45, 7) is 0. The minimum atomic E-state index is -1.19. The van der Waals surface area contributed by atoms with Crippen LogP contribution in [-0.2, 0) is 16.0 Å². The molecule has 0 unspecified atom stereocenters. The Balaban J connectivity index is 1.87. The molecule has 0 aliphatic rings. The van der Waals surface area contributed by atoms with Gasteiger partial charge in [0, 0.05) is 28.8 Å². The Bertz CT molecular complexity index is 1730. The van der Waals surface area contributed by atoms with Crippen LogP contribution in [0.1, 0.15) is 15.9 Å². The number of aromatic hydroxyl groups is 2. The number of hydrogen-bond donors (Lipinski definition) is 3. The number of methoxy groups -OCH3 is 1. The highest BCUT2D eigenvalue weighted by Gasteiger charge is 2.26. The van der Waals surface area contributed by atoms with Crippen molar-refractivity contribution in [2.45, 2.75) is 6.42 Å². The number of phenols is 2. The topological polar surface area (TPSA) is 147 Å². The zero-order chi connectivity index (χ0) is 25.6. The number of carboxylic acid groups (broad SMARTS) is 1. The van der Waals surface area contributed by atoms with Crippen LogP contribution in [0.2, 0.25) is 0 Å². The monoisotopic (exact) mass is 486 g/mol. The Kier molecular flexibility index (Phi) is 5.44. The largest absolute Gasteiger partial charge is 0.507 e. The molecular weight excluding hydrogens is 468 g/mol. The van der Waals surface area contributed by atoms with E-state index in [1.165, 1.54) is 30.3 Å². The molecule has 5 aromatic rings. The van der Waals surface area contributed by atoms with Crippen molar-refractivity contribution in [3.63, 3.8) is 0 Å². The molecule has 2 heterocycles. The molecule has 0 amide bonds. The van der Waals surface area contributed by atoms with E-state index >= 15 is 0 Å². The van der Waals surface area contributed by atoms with Gasteiger partial charge in [0.25, 0.3) is 0 Å². The van der Waals surface area contributed by atoms with Gasteiger partial charge in [0.2, 0.25) is 0 Å². The maximum atomic E-state index is 13.0. The lowest BCUT2D eigenvalue weighted by molar-refractivity contribution is -0.136. The van der Waals surface area contributed by atoms with Crippen LogP contribution >= 0.6 is 0 Å². The molecule has 0 saturated carbocycles. The molecule has 3 aromatic carbocycles. The Morgan fingerprint density at radius 3 is 2.33 bits per heavy atom. The quantitative estimate of drug-likeness (QED) is 0.301. The van der Waals surface area contributed by atoms with Gasteiger partial charge in [-0.1, -0.05) is 30.3 Å². The van der Waals surface area contributed by atoms with Gasteiger partial charge < -0.3 is 28.9 Å². The Morgan fingerprint density at radius 2 is 1.64 bits per heavy atom. The number of esters is 1. The van der Waals surface area contributed by atoms with E-state index in [0.717, 1.165) is 7.11 Å². The van der Waals surface area contributed by atoms with Gasteiger partial charge in [-0.2, -0.15) is 0 Å². The Hall–Kier alpha value is -5.05. The molecule has 9 nitrogen and oxygen atoms in total. The smallest absolute Gasteiger partial charge is 0.341 e. The highest BCUT2D eigenvalue weighted by Crippen LogP contribution is 2.42. The van der Waals surface area contributed by atoms with Gasteiger partial charge in [-0.25, -0.2) is 4.79 Å². The van der Waals surface area contributed by atoms with Crippen LogP contribution < -0.4 is 5.43 Å². The number of aliphatic carboxylic acids is 1. The number of fused-ring (bicyclic) bond motifs is 3. The molecule has 3 N–H and O–H groups in total. The summed E-state index contributed by atoms with van der Waals surface area (Å²) >= 11 is 0. The van der Waals surface area contributed by atoms with E-state index in [1.807, 2.05) is 0 Å². The van der Waals surface area contributed by atoms with Crippen molar-refractivity contribution in [3.8, 4) is 34.1 Å². The molecule has 0 radical (unpaired) electrons. The van der Waals surface area contributed by atoms with Gasteiger partial charge >= 0.3 is 11.9 Å². The van der Waals surface area contributed by atoms with Crippen molar-refractivity contribution < 1.29 is 38.5 Å². The van der Waals surface area contributed by atoms with Crippen LogP contribution in [0, 0.1) is 0 Å². The van der Waals surface area contributed by atoms with Crippen LogP contribution in [0.5, 0.6) is 11.5 Å². The molecule has 0 bridgehead atoms. The second-order valence-electron chi connectivity index (χ2n) is 8.02. The fourth-order valence-electron chi connectivity index (χ4n) is 4.19. The number of hydrogen-bond acceptors (Lipinski definition) is 8. The zero-order valence-corrected chi connectivity index (χ0v) is 18.8. The summed E-state index contributed by atoms with van der Waals surface area (Å²) in [6, 6.07) is 15.3. The lowest BCUT2D eigenvalue weighted by Crippen LogP contribution is -2.04. The molecule has 2 aromatic heterocycles. The molecule has 0 atom stereocenters. The number of ether oxygens (including phenoxy) is 1. The third-order valence-corrected chi connectivity index (χ3v) is 5.78. The summed E-state index contributed by atoms with van der Waals surface area (Å²) in [5, 5.41) is 30.4. The van der Waals surface area contributed by atoms with Crippen molar-refractivity contribution >= 4 is 33.9 Å². The first-order valence-electron chi connectivity index (χ1n) is 10.7. The van der Waals surface area contributed by atoms with E-state index in [9.17, 15) is 29.7 Å². The number of carboxylic acids is 1. The van der Waals surface area contributed by atoms with Gasteiger partial charge in [0.05, 0.1) is 18.9 Å². The second-order valence-corrected chi connectivity index (χ2v) is 8.02. The van der Waals surface area contributed by atoms with E-state index in [-0.39, 0.29) is 55.9 Å². The van der Waals surface area contributed by atoms with Crippen LogP contribution in [0.4, 0.5) is 0 Å². The van der Waals surface area contributed by atoms with E-state index in [4.69, 9.17) is 13.6 Å². The average molecular weight is 486 g/mol. The normalized spacial score (nSPS) is 11.1. The van der Waals surface area contributed by atoms with E-state index in [1.54, 1.807) is 30.3 Å². The Morgan fingerprint density at radius 1 is 0.889 bits per heavy atom. The number of benzene rings is 3. The lowest BCUT2D eigenvalue weighted by Gasteiger charge is -2.07. The number of carbonyl (C=O) groups is 2. The second kappa shape index (κ2) is 8.62. The molecule has 0 aliphatic carbocycles. The predicted octanol–water partition coefficient (Wildman–Crippen LogP) is 4.70. The highest BCUT2D eigenvalue weighted by atomic mass is 16.5. The fraction of sp³-hybridized carbons (Fsp3) is 0.0741. The first kappa shape index (κ1) is 22.7. The molecule has 180 valence electrons. The minimum absolute atomic E-state index is 0.0328. The molecule has 9 heteroatoms. The highest BCUT2D eigenvalue weighted by molar-refractivity contribution is 6.10. The first-order valence-corrected chi connectivity index (χ1v) is 10.7. The van der Waals surface area contributed by atoms with Gasteiger partial charge in [0.15, 0.2) is 11.0 Å². The van der Waals surface area contributed by atoms with E-state index < -0.39 is 29.5 Å². The number of carbonyl (C=O) groups excluding carboxylic acids is 1. The molecule has 0 spiro atoms. The molecule has 5 rings (SSSR count). The van der Waals surface area contributed by atoms with Gasteiger partial charge in [-0.15, -0.1) is 0 Å². The number of rotatable bonds is 5. The lowest BCUT2D eigenvalue weighted by atomic mass is 9.99. The maximum Gasteiger partial charge on any atom is 0.341 e. The number of furan rings is 1. The summed E-state index contributed by atoms with van der Waals surface area (Å²) in [6.07, 6.45) is -0.518. The molecule has 0 saturated heterocycles. The third-order valence-electron chi connectivity index (χ3n) is 5.78. The van der Waals surface area contributed by atoms with Crippen molar-refractivity contribution in [2.75, 3.05) is 7.11 Å². The van der Waals surface area contributed by atoms with E-state index in [0.29, 0.717) is 5.56 Å². The van der Waals surface area contributed by atoms with E-state index in [2.05, 4.69) is 0 Å².